The second kappa shape index (κ2) is 6.88. The summed E-state index contributed by atoms with van der Waals surface area (Å²) in [5.74, 6) is 0. The molecule has 134 valence electrons. The predicted molar refractivity (Wildman–Crippen MR) is 97.6 cm³/mol. The molecular formula is C18H24N4O2S. The minimum Gasteiger partial charge on any atom is -0.373 e. The minimum absolute atomic E-state index is 0.0252. The Morgan fingerprint density at radius 1 is 1.32 bits per heavy atom. The quantitative estimate of drug-likeness (QED) is 0.912. The number of hydrogen-bond acceptors (Lipinski definition) is 5. The Bertz CT molecular complexity index is 756. The summed E-state index contributed by atoms with van der Waals surface area (Å²) in [7, 11) is 1.82. The molecular weight excluding hydrogens is 336 g/mol. The molecule has 1 aromatic heterocycles. The molecule has 0 bridgehead atoms. The van der Waals surface area contributed by atoms with E-state index in [4.69, 9.17) is 4.74 Å². The zero-order chi connectivity index (χ0) is 17.3. The van der Waals surface area contributed by atoms with Gasteiger partial charge in [-0.25, -0.2) is 4.79 Å². The molecule has 1 aromatic carbocycles. The Kier molecular flexibility index (Phi) is 4.60. The number of carbonyl (C=O) groups is 1. The molecule has 7 heteroatoms. The van der Waals surface area contributed by atoms with Gasteiger partial charge < -0.3 is 15.0 Å². The van der Waals surface area contributed by atoms with E-state index in [1.807, 2.05) is 25.2 Å². The van der Waals surface area contributed by atoms with Crippen molar-refractivity contribution in [2.75, 3.05) is 13.7 Å². The highest BCUT2D eigenvalue weighted by Gasteiger charge is 2.41. The molecule has 1 aliphatic heterocycles. The van der Waals surface area contributed by atoms with Crippen LogP contribution in [0.15, 0.2) is 18.2 Å². The van der Waals surface area contributed by atoms with Crippen LogP contribution >= 0.6 is 11.7 Å². The maximum atomic E-state index is 12.5. The van der Waals surface area contributed by atoms with Gasteiger partial charge in [-0.1, -0.05) is 25.3 Å². The van der Waals surface area contributed by atoms with Crippen molar-refractivity contribution in [1.82, 2.24) is 19.0 Å². The smallest absolute Gasteiger partial charge is 0.317 e. The fraction of sp³-hybridized carbons (Fsp3) is 0.611. The fourth-order valence-corrected chi connectivity index (χ4v) is 4.56. The lowest BCUT2D eigenvalue weighted by atomic mass is 9.82. The van der Waals surface area contributed by atoms with Gasteiger partial charge in [-0.3, -0.25) is 0 Å². The maximum absolute atomic E-state index is 12.5. The van der Waals surface area contributed by atoms with Crippen molar-refractivity contribution in [3.05, 3.63) is 23.8 Å². The van der Waals surface area contributed by atoms with Crippen LogP contribution in [0.4, 0.5) is 4.79 Å². The second-order valence-corrected chi connectivity index (χ2v) is 7.88. The van der Waals surface area contributed by atoms with Crippen LogP contribution in [0.3, 0.4) is 0 Å². The number of carbonyl (C=O) groups excluding carboxylic acids is 1. The largest absolute Gasteiger partial charge is 0.373 e. The zero-order valence-electron chi connectivity index (χ0n) is 14.5. The molecule has 6 nitrogen and oxygen atoms in total. The highest BCUT2D eigenvalue weighted by atomic mass is 32.1. The Morgan fingerprint density at radius 3 is 2.96 bits per heavy atom. The number of hydrogen-bond donors (Lipinski definition) is 1. The van der Waals surface area contributed by atoms with Gasteiger partial charge in [0.15, 0.2) is 0 Å². The summed E-state index contributed by atoms with van der Waals surface area (Å²) in [6.07, 6.45) is 7.02. The fourth-order valence-electron chi connectivity index (χ4n) is 4.04. The molecule has 1 atom stereocenters. The molecule has 0 radical (unpaired) electrons. The van der Waals surface area contributed by atoms with Gasteiger partial charge in [0.05, 0.1) is 30.0 Å². The van der Waals surface area contributed by atoms with Crippen LogP contribution in [0, 0.1) is 0 Å². The molecule has 1 N–H and O–H groups in total. The third-order valence-corrected chi connectivity index (χ3v) is 5.94. The third-order valence-electron chi connectivity index (χ3n) is 5.39. The van der Waals surface area contributed by atoms with Gasteiger partial charge >= 0.3 is 6.03 Å². The molecule has 2 amide bonds. The van der Waals surface area contributed by atoms with E-state index in [2.05, 4.69) is 14.1 Å². The van der Waals surface area contributed by atoms with E-state index in [9.17, 15) is 4.79 Å². The first-order chi connectivity index (χ1) is 12.1. The topological polar surface area (TPSA) is 67.4 Å². The number of fused-ring (bicyclic) bond motifs is 1. The van der Waals surface area contributed by atoms with Crippen LogP contribution in [0.1, 0.15) is 44.1 Å². The molecule has 2 heterocycles. The van der Waals surface area contributed by atoms with E-state index in [1.165, 1.54) is 31.0 Å². The lowest BCUT2D eigenvalue weighted by Crippen LogP contribution is -2.43. The van der Waals surface area contributed by atoms with Crippen LogP contribution < -0.4 is 5.32 Å². The zero-order valence-corrected chi connectivity index (χ0v) is 15.3. The molecule has 4 rings (SSSR count). The van der Waals surface area contributed by atoms with Gasteiger partial charge in [0.2, 0.25) is 0 Å². The van der Waals surface area contributed by atoms with Crippen LogP contribution in [0.5, 0.6) is 0 Å². The molecule has 1 spiro atoms. The molecule has 1 saturated heterocycles. The summed E-state index contributed by atoms with van der Waals surface area (Å²) in [5.41, 5.74) is 2.88. The Hall–Kier alpha value is -1.73. The Balaban J connectivity index is 1.33. The number of aromatic nitrogens is 2. The SMILES string of the molecule is CN(Cc1ccc2nsnc2c1)C(=O)NC1COC2(CCCCC2)C1. The standard InChI is InChI=1S/C18H24N4O2S/c1-22(11-13-5-6-15-16(9-13)21-25-20-15)17(23)19-14-10-18(24-12-14)7-3-2-4-8-18/h5-6,9,14H,2-4,7-8,10-12H2,1H3,(H,19,23). The van der Waals surface area contributed by atoms with E-state index in [0.29, 0.717) is 13.2 Å². The summed E-state index contributed by atoms with van der Waals surface area (Å²) in [5, 5.41) is 3.14. The lowest BCUT2D eigenvalue weighted by molar-refractivity contribution is -0.0246. The Morgan fingerprint density at radius 2 is 2.12 bits per heavy atom. The minimum atomic E-state index is -0.0436. The predicted octanol–water partition coefficient (Wildman–Crippen LogP) is 3.32. The van der Waals surface area contributed by atoms with Crippen molar-refractivity contribution in [2.45, 2.75) is 56.7 Å². The van der Waals surface area contributed by atoms with Gasteiger partial charge in [-0.05, 0) is 37.0 Å². The van der Waals surface area contributed by atoms with Crippen molar-refractivity contribution in [3.8, 4) is 0 Å². The molecule has 1 unspecified atom stereocenters. The number of benzene rings is 1. The first-order valence-electron chi connectivity index (χ1n) is 9.00. The van der Waals surface area contributed by atoms with Crippen LogP contribution in [-0.4, -0.2) is 45.0 Å². The number of urea groups is 1. The van der Waals surface area contributed by atoms with Gasteiger partial charge in [-0.15, -0.1) is 0 Å². The van der Waals surface area contributed by atoms with E-state index in [1.54, 1.807) is 4.90 Å². The first kappa shape index (κ1) is 16.7. The van der Waals surface area contributed by atoms with Crippen LogP contribution in [-0.2, 0) is 11.3 Å². The number of nitrogens with zero attached hydrogens (tertiary/aromatic N) is 3. The summed E-state index contributed by atoms with van der Waals surface area (Å²) < 4.78 is 14.6. The molecule has 1 aliphatic carbocycles. The molecule has 25 heavy (non-hydrogen) atoms. The van der Waals surface area contributed by atoms with Crippen molar-refractivity contribution in [1.29, 1.82) is 0 Å². The summed E-state index contributed by atoms with van der Waals surface area (Å²) >= 11 is 1.21. The highest BCUT2D eigenvalue weighted by Crippen LogP contribution is 2.39. The number of ether oxygens (including phenoxy) is 1. The molecule has 2 fully saturated rings. The van der Waals surface area contributed by atoms with Gasteiger partial charge in [0, 0.05) is 13.6 Å². The maximum Gasteiger partial charge on any atom is 0.317 e. The summed E-state index contributed by atoms with van der Waals surface area (Å²) in [4.78, 5) is 14.2. The third kappa shape index (κ3) is 3.62. The normalized spacial score (nSPS) is 22.4. The van der Waals surface area contributed by atoms with Crippen molar-refractivity contribution >= 4 is 28.8 Å². The van der Waals surface area contributed by atoms with Gasteiger partial charge in [-0.2, -0.15) is 8.75 Å². The molecule has 2 aromatic rings. The van der Waals surface area contributed by atoms with Crippen molar-refractivity contribution < 1.29 is 9.53 Å². The van der Waals surface area contributed by atoms with E-state index in [0.717, 1.165) is 35.9 Å². The van der Waals surface area contributed by atoms with E-state index >= 15 is 0 Å². The van der Waals surface area contributed by atoms with Gasteiger partial charge in [0.1, 0.15) is 11.0 Å². The van der Waals surface area contributed by atoms with Crippen LogP contribution in [0.2, 0.25) is 0 Å². The van der Waals surface area contributed by atoms with E-state index < -0.39 is 0 Å². The first-order valence-corrected chi connectivity index (χ1v) is 9.73. The van der Waals surface area contributed by atoms with Crippen molar-refractivity contribution in [2.24, 2.45) is 0 Å². The molecule has 2 aliphatic rings. The second-order valence-electron chi connectivity index (χ2n) is 7.35. The van der Waals surface area contributed by atoms with E-state index in [-0.39, 0.29) is 17.7 Å². The molecule has 1 saturated carbocycles. The van der Waals surface area contributed by atoms with Crippen molar-refractivity contribution in [3.63, 3.8) is 0 Å². The average Bonchev–Trinajstić information content (AvgIpc) is 3.22. The highest BCUT2D eigenvalue weighted by molar-refractivity contribution is 7.00. The summed E-state index contributed by atoms with van der Waals surface area (Å²) in [6, 6.07) is 6.04. The Labute approximate surface area is 151 Å². The number of rotatable bonds is 3. The van der Waals surface area contributed by atoms with Gasteiger partial charge in [0.25, 0.3) is 0 Å². The van der Waals surface area contributed by atoms with Crippen LogP contribution in [0.25, 0.3) is 11.0 Å². The summed E-state index contributed by atoms with van der Waals surface area (Å²) in [6.45, 7) is 1.19. The number of amides is 2. The average molecular weight is 360 g/mol. The lowest BCUT2D eigenvalue weighted by Gasteiger charge is -2.32. The number of nitrogens with one attached hydrogen (secondary N) is 1. The monoisotopic (exact) mass is 360 g/mol.